The average Bonchev–Trinajstić information content (AvgIpc) is 2.39. The van der Waals surface area contributed by atoms with Crippen molar-refractivity contribution in [3.63, 3.8) is 0 Å². The molecule has 2 heterocycles. The van der Waals surface area contributed by atoms with Crippen molar-refractivity contribution in [2.45, 2.75) is 0 Å². The van der Waals surface area contributed by atoms with Gasteiger partial charge in [-0.05, 0) is 18.2 Å². The summed E-state index contributed by atoms with van der Waals surface area (Å²) in [5.41, 5.74) is 7.31. The first-order valence-electron chi connectivity index (χ1n) is 5.07. The molecular formula is C12H12N4O. The molecule has 0 bridgehead atoms. The summed E-state index contributed by atoms with van der Waals surface area (Å²) >= 11 is 0. The van der Waals surface area contributed by atoms with Gasteiger partial charge in [0.2, 0.25) is 0 Å². The standard InChI is InChI=1S/C12H12N4O/c1-16(9-2-5-14-6-3-9)12(17)10-8-15-7-4-11(10)13/h2-8H,1H3,(H2,13,15). The lowest BCUT2D eigenvalue weighted by Gasteiger charge is -2.17. The second-order valence-corrected chi connectivity index (χ2v) is 3.53. The molecule has 0 spiro atoms. The number of amides is 1. The minimum absolute atomic E-state index is 0.193. The Morgan fingerprint density at radius 2 is 1.82 bits per heavy atom. The molecule has 2 N–H and O–H groups in total. The highest BCUT2D eigenvalue weighted by Gasteiger charge is 2.15. The number of carbonyl (C=O) groups excluding carboxylic acids is 1. The Balaban J connectivity index is 2.30. The van der Waals surface area contributed by atoms with E-state index in [1.165, 1.54) is 11.1 Å². The zero-order chi connectivity index (χ0) is 12.3. The van der Waals surface area contributed by atoms with E-state index in [9.17, 15) is 4.79 Å². The molecule has 5 nitrogen and oxygen atoms in total. The monoisotopic (exact) mass is 228 g/mol. The summed E-state index contributed by atoms with van der Waals surface area (Å²) < 4.78 is 0. The third kappa shape index (κ3) is 2.23. The number of rotatable bonds is 2. The summed E-state index contributed by atoms with van der Waals surface area (Å²) in [5, 5.41) is 0. The molecule has 0 unspecified atom stereocenters. The third-order valence-corrected chi connectivity index (χ3v) is 2.44. The van der Waals surface area contributed by atoms with Crippen LogP contribution in [0.4, 0.5) is 11.4 Å². The van der Waals surface area contributed by atoms with E-state index in [0.29, 0.717) is 11.3 Å². The van der Waals surface area contributed by atoms with Gasteiger partial charge in [-0.1, -0.05) is 0 Å². The van der Waals surface area contributed by atoms with Crippen LogP contribution in [0.3, 0.4) is 0 Å². The molecule has 2 aromatic heterocycles. The molecule has 86 valence electrons. The highest BCUT2D eigenvalue weighted by atomic mass is 16.2. The van der Waals surface area contributed by atoms with E-state index in [2.05, 4.69) is 9.97 Å². The van der Waals surface area contributed by atoms with Crippen LogP contribution in [-0.2, 0) is 0 Å². The molecule has 17 heavy (non-hydrogen) atoms. The van der Waals surface area contributed by atoms with Crippen molar-refractivity contribution < 1.29 is 4.79 Å². The van der Waals surface area contributed by atoms with Gasteiger partial charge in [0.05, 0.1) is 5.56 Å². The Bertz CT molecular complexity index is 527. The van der Waals surface area contributed by atoms with Gasteiger partial charge < -0.3 is 10.6 Å². The molecule has 2 rings (SSSR count). The number of carbonyl (C=O) groups is 1. The van der Waals surface area contributed by atoms with Crippen molar-refractivity contribution in [2.24, 2.45) is 0 Å². The van der Waals surface area contributed by atoms with Crippen LogP contribution in [0.2, 0.25) is 0 Å². The predicted molar refractivity (Wildman–Crippen MR) is 65.6 cm³/mol. The second-order valence-electron chi connectivity index (χ2n) is 3.53. The van der Waals surface area contributed by atoms with Gasteiger partial charge in [-0.3, -0.25) is 14.8 Å². The largest absolute Gasteiger partial charge is 0.398 e. The van der Waals surface area contributed by atoms with Gasteiger partial charge in [-0.25, -0.2) is 0 Å². The smallest absolute Gasteiger partial charge is 0.261 e. The fourth-order valence-electron chi connectivity index (χ4n) is 1.45. The number of nitrogens with zero attached hydrogens (tertiary/aromatic N) is 3. The number of nitrogens with two attached hydrogens (primary N) is 1. The third-order valence-electron chi connectivity index (χ3n) is 2.44. The van der Waals surface area contributed by atoms with Crippen LogP contribution >= 0.6 is 0 Å². The van der Waals surface area contributed by atoms with Crippen LogP contribution in [0.25, 0.3) is 0 Å². The average molecular weight is 228 g/mol. The van der Waals surface area contributed by atoms with Crippen LogP contribution in [0.1, 0.15) is 10.4 Å². The van der Waals surface area contributed by atoms with E-state index < -0.39 is 0 Å². The number of anilines is 2. The van der Waals surface area contributed by atoms with Crippen molar-refractivity contribution in [1.29, 1.82) is 0 Å². The molecule has 0 aliphatic rings. The van der Waals surface area contributed by atoms with Gasteiger partial charge in [0, 0.05) is 43.2 Å². The van der Waals surface area contributed by atoms with E-state index in [4.69, 9.17) is 5.73 Å². The molecule has 0 saturated heterocycles. The summed E-state index contributed by atoms with van der Waals surface area (Å²) in [5.74, 6) is -0.193. The lowest BCUT2D eigenvalue weighted by atomic mass is 10.2. The first-order valence-corrected chi connectivity index (χ1v) is 5.07. The molecule has 5 heteroatoms. The van der Waals surface area contributed by atoms with Crippen LogP contribution in [0.5, 0.6) is 0 Å². The van der Waals surface area contributed by atoms with Gasteiger partial charge in [0.1, 0.15) is 0 Å². The van der Waals surface area contributed by atoms with E-state index >= 15 is 0 Å². The van der Waals surface area contributed by atoms with Crippen molar-refractivity contribution in [3.05, 3.63) is 48.5 Å². The molecule has 0 aliphatic carbocycles. The van der Waals surface area contributed by atoms with Crippen molar-refractivity contribution in [2.75, 3.05) is 17.7 Å². The van der Waals surface area contributed by atoms with Crippen molar-refractivity contribution in [3.8, 4) is 0 Å². The normalized spacial score (nSPS) is 9.94. The SMILES string of the molecule is CN(C(=O)c1cnccc1N)c1ccncc1. The fourth-order valence-corrected chi connectivity index (χ4v) is 1.45. The lowest BCUT2D eigenvalue weighted by molar-refractivity contribution is 0.0993. The Hall–Kier alpha value is -2.43. The quantitative estimate of drug-likeness (QED) is 0.841. The maximum Gasteiger partial charge on any atom is 0.261 e. The summed E-state index contributed by atoms with van der Waals surface area (Å²) in [6.45, 7) is 0. The first kappa shape index (κ1) is 11.1. The molecule has 0 atom stereocenters. The van der Waals surface area contributed by atoms with Crippen molar-refractivity contribution in [1.82, 2.24) is 9.97 Å². The van der Waals surface area contributed by atoms with E-state index in [1.807, 2.05) is 0 Å². The van der Waals surface area contributed by atoms with Gasteiger partial charge in [-0.2, -0.15) is 0 Å². The van der Waals surface area contributed by atoms with Gasteiger partial charge in [0.15, 0.2) is 0 Å². The zero-order valence-corrected chi connectivity index (χ0v) is 9.37. The van der Waals surface area contributed by atoms with Crippen LogP contribution in [0.15, 0.2) is 43.0 Å². The zero-order valence-electron chi connectivity index (χ0n) is 9.37. The van der Waals surface area contributed by atoms with Crippen LogP contribution < -0.4 is 10.6 Å². The maximum atomic E-state index is 12.2. The number of hydrogen-bond donors (Lipinski definition) is 1. The minimum atomic E-state index is -0.193. The van der Waals surface area contributed by atoms with Gasteiger partial charge in [0.25, 0.3) is 5.91 Å². The lowest BCUT2D eigenvalue weighted by Crippen LogP contribution is -2.27. The Morgan fingerprint density at radius 3 is 2.47 bits per heavy atom. The molecule has 0 saturated carbocycles. The van der Waals surface area contributed by atoms with Crippen molar-refractivity contribution >= 4 is 17.3 Å². The minimum Gasteiger partial charge on any atom is -0.398 e. The summed E-state index contributed by atoms with van der Waals surface area (Å²) in [6, 6.07) is 5.11. The number of aromatic nitrogens is 2. The van der Waals surface area contributed by atoms with E-state index in [0.717, 1.165) is 5.69 Å². The highest BCUT2D eigenvalue weighted by molar-refractivity contribution is 6.08. The summed E-state index contributed by atoms with van der Waals surface area (Å²) in [7, 11) is 1.68. The molecule has 2 aromatic rings. The Labute approximate surface area is 98.9 Å². The molecule has 0 aromatic carbocycles. The maximum absolute atomic E-state index is 12.2. The summed E-state index contributed by atoms with van der Waals surface area (Å²) in [4.78, 5) is 21.5. The van der Waals surface area contributed by atoms with Gasteiger partial charge in [-0.15, -0.1) is 0 Å². The van der Waals surface area contributed by atoms with Gasteiger partial charge >= 0.3 is 0 Å². The molecule has 1 amide bonds. The molecular weight excluding hydrogens is 216 g/mol. The molecule has 0 aliphatic heterocycles. The van der Waals surface area contributed by atoms with E-state index in [-0.39, 0.29) is 5.91 Å². The number of nitrogen functional groups attached to an aromatic ring is 1. The van der Waals surface area contributed by atoms with E-state index in [1.54, 1.807) is 43.8 Å². The molecule has 0 radical (unpaired) electrons. The van der Waals surface area contributed by atoms with Crippen LogP contribution in [-0.4, -0.2) is 22.9 Å². The number of hydrogen-bond acceptors (Lipinski definition) is 4. The predicted octanol–water partition coefficient (Wildman–Crippen LogP) is 1.34. The Kier molecular flexibility index (Phi) is 3.00. The highest BCUT2D eigenvalue weighted by Crippen LogP contribution is 2.16. The first-order chi connectivity index (χ1) is 8.20. The topological polar surface area (TPSA) is 72.1 Å². The summed E-state index contributed by atoms with van der Waals surface area (Å²) in [6.07, 6.45) is 6.28. The Morgan fingerprint density at radius 1 is 1.18 bits per heavy atom. The van der Waals surface area contributed by atoms with Crippen LogP contribution in [0, 0.1) is 0 Å². The fraction of sp³-hybridized carbons (Fsp3) is 0.0833. The molecule has 0 fully saturated rings. The second kappa shape index (κ2) is 4.61. The number of pyridine rings is 2.